The molecule has 1 heterocycles. The van der Waals surface area contributed by atoms with Crippen molar-refractivity contribution in [2.75, 3.05) is 20.8 Å². The Morgan fingerprint density at radius 1 is 1.33 bits per heavy atom. The number of hydrogen-bond donors (Lipinski definition) is 0. The van der Waals surface area contributed by atoms with Gasteiger partial charge in [-0.05, 0) is 19.1 Å². The average Bonchev–Trinajstić information content (AvgIpc) is 2.95. The summed E-state index contributed by atoms with van der Waals surface area (Å²) in [6.45, 7) is 2.73. The SMILES string of the molecule is C/C=C(/N=C(\OC)C(F)(F)F)c1ccc2c(cnn2CCOC)c1. The molecule has 1 aromatic heterocycles. The van der Waals surface area contributed by atoms with Gasteiger partial charge >= 0.3 is 6.18 Å². The van der Waals surface area contributed by atoms with Crippen LogP contribution in [0.25, 0.3) is 16.6 Å². The van der Waals surface area contributed by atoms with Crippen molar-refractivity contribution in [1.82, 2.24) is 9.78 Å². The number of halogens is 3. The molecule has 0 unspecified atom stereocenters. The first kappa shape index (κ1) is 18.0. The largest absolute Gasteiger partial charge is 0.478 e. The topological polar surface area (TPSA) is 48.6 Å². The molecular formula is C16H18F3N3O2. The third kappa shape index (κ3) is 3.94. The molecule has 0 aliphatic carbocycles. The van der Waals surface area contributed by atoms with Gasteiger partial charge in [-0.1, -0.05) is 12.1 Å². The highest BCUT2D eigenvalue weighted by Gasteiger charge is 2.38. The van der Waals surface area contributed by atoms with Gasteiger partial charge in [-0.3, -0.25) is 4.68 Å². The molecule has 0 bridgehead atoms. The van der Waals surface area contributed by atoms with Gasteiger partial charge in [-0.15, -0.1) is 0 Å². The lowest BCUT2D eigenvalue weighted by molar-refractivity contribution is -0.0754. The lowest BCUT2D eigenvalue weighted by Gasteiger charge is -2.10. The Morgan fingerprint density at radius 3 is 2.67 bits per heavy atom. The maximum atomic E-state index is 12.8. The quantitative estimate of drug-likeness (QED) is 0.616. The lowest BCUT2D eigenvalue weighted by Crippen LogP contribution is -2.24. The van der Waals surface area contributed by atoms with Crippen molar-refractivity contribution in [3.8, 4) is 0 Å². The van der Waals surface area contributed by atoms with E-state index in [9.17, 15) is 13.2 Å². The zero-order valence-electron chi connectivity index (χ0n) is 13.6. The number of rotatable bonds is 5. The number of aromatic nitrogens is 2. The van der Waals surface area contributed by atoms with Gasteiger partial charge in [0.1, 0.15) is 0 Å². The van der Waals surface area contributed by atoms with Gasteiger partial charge in [-0.2, -0.15) is 18.3 Å². The average molecular weight is 341 g/mol. The fourth-order valence-corrected chi connectivity index (χ4v) is 2.23. The van der Waals surface area contributed by atoms with E-state index >= 15 is 0 Å². The molecule has 8 heteroatoms. The van der Waals surface area contributed by atoms with E-state index in [4.69, 9.17) is 4.74 Å². The van der Waals surface area contributed by atoms with Crippen molar-refractivity contribution in [3.05, 3.63) is 36.0 Å². The van der Waals surface area contributed by atoms with Crippen molar-refractivity contribution < 1.29 is 22.6 Å². The summed E-state index contributed by atoms with van der Waals surface area (Å²) in [4.78, 5) is 3.60. The number of allylic oxidation sites excluding steroid dienone is 1. The van der Waals surface area contributed by atoms with Gasteiger partial charge in [0.05, 0.1) is 37.7 Å². The molecule has 0 aliphatic heterocycles. The van der Waals surface area contributed by atoms with Gasteiger partial charge in [-0.25, -0.2) is 4.99 Å². The van der Waals surface area contributed by atoms with Crippen LogP contribution in [-0.4, -0.2) is 42.7 Å². The predicted molar refractivity (Wildman–Crippen MR) is 85.8 cm³/mol. The van der Waals surface area contributed by atoms with E-state index in [-0.39, 0.29) is 5.70 Å². The van der Waals surface area contributed by atoms with E-state index in [1.165, 1.54) is 6.08 Å². The Kier molecular flexibility index (Phi) is 5.61. The first-order chi connectivity index (χ1) is 11.4. The third-order valence-corrected chi connectivity index (χ3v) is 3.38. The highest BCUT2D eigenvalue weighted by Crippen LogP contribution is 2.25. The Bertz CT molecular complexity index is 764. The first-order valence-electron chi connectivity index (χ1n) is 7.21. The van der Waals surface area contributed by atoms with Crippen LogP contribution in [0.15, 0.2) is 35.5 Å². The number of methoxy groups -OCH3 is 2. The van der Waals surface area contributed by atoms with Gasteiger partial charge in [0.15, 0.2) is 0 Å². The normalized spacial score (nSPS) is 13.6. The molecule has 1 aromatic carbocycles. The molecule has 0 radical (unpaired) electrons. The molecule has 2 aromatic rings. The molecule has 5 nitrogen and oxygen atoms in total. The number of hydrogen-bond acceptors (Lipinski definition) is 4. The second-order valence-electron chi connectivity index (χ2n) is 4.93. The predicted octanol–water partition coefficient (Wildman–Crippen LogP) is 3.65. The zero-order chi connectivity index (χ0) is 17.7. The molecule has 0 spiro atoms. The Morgan fingerprint density at radius 2 is 2.08 bits per heavy atom. The molecule has 130 valence electrons. The highest BCUT2D eigenvalue weighted by molar-refractivity contribution is 5.89. The number of benzene rings is 1. The Hall–Kier alpha value is -2.35. The summed E-state index contributed by atoms with van der Waals surface area (Å²) in [6, 6.07) is 5.25. The van der Waals surface area contributed by atoms with Gasteiger partial charge in [0, 0.05) is 18.1 Å². The number of alkyl halides is 3. The summed E-state index contributed by atoms with van der Waals surface area (Å²) < 4.78 is 49.6. The molecule has 24 heavy (non-hydrogen) atoms. The minimum Gasteiger partial charge on any atom is -0.478 e. The summed E-state index contributed by atoms with van der Waals surface area (Å²) in [7, 11) is 2.55. The summed E-state index contributed by atoms with van der Waals surface area (Å²) in [5.74, 6) is -1.29. The van der Waals surface area contributed by atoms with Crippen LogP contribution in [-0.2, 0) is 16.0 Å². The van der Waals surface area contributed by atoms with E-state index in [1.54, 1.807) is 43.1 Å². The second kappa shape index (κ2) is 7.48. The third-order valence-electron chi connectivity index (χ3n) is 3.38. The smallest absolute Gasteiger partial charge is 0.468 e. The van der Waals surface area contributed by atoms with Crippen LogP contribution in [0.5, 0.6) is 0 Å². The molecule has 2 rings (SSSR count). The molecule has 0 fully saturated rings. The maximum Gasteiger partial charge on any atom is 0.468 e. The zero-order valence-corrected chi connectivity index (χ0v) is 13.6. The van der Waals surface area contributed by atoms with Crippen LogP contribution in [0.4, 0.5) is 13.2 Å². The first-order valence-corrected chi connectivity index (χ1v) is 7.21. The lowest BCUT2D eigenvalue weighted by atomic mass is 10.1. The molecular weight excluding hydrogens is 323 g/mol. The fourth-order valence-electron chi connectivity index (χ4n) is 2.23. The standard InChI is InChI=1S/C16H18F3N3O2/c1-4-13(21-15(24-3)16(17,18)19)11-5-6-14-12(9-11)10-20-22(14)7-8-23-2/h4-6,9-10H,7-8H2,1-3H3/b13-4+,21-15-. The van der Waals surface area contributed by atoms with Crippen molar-refractivity contribution in [3.63, 3.8) is 0 Å². The van der Waals surface area contributed by atoms with E-state index in [0.717, 1.165) is 18.0 Å². The molecule has 0 N–H and O–H groups in total. The van der Waals surface area contributed by atoms with E-state index in [0.29, 0.717) is 18.7 Å². The molecule has 0 saturated carbocycles. The Balaban J connectivity index is 2.38. The summed E-state index contributed by atoms with van der Waals surface area (Å²) >= 11 is 0. The van der Waals surface area contributed by atoms with Crippen LogP contribution in [0, 0.1) is 0 Å². The molecule has 0 atom stereocenters. The summed E-state index contributed by atoms with van der Waals surface area (Å²) in [6.07, 6.45) is -1.48. The molecule has 0 saturated heterocycles. The highest BCUT2D eigenvalue weighted by atomic mass is 19.4. The van der Waals surface area contributed by atoms with Crippen molar-refractivity contribution >= 4 is 22.5 Å². The van der Waals surface area contributed by atoms with Gasteiger partial charge < -0.3 is 9.47 Å². The molecule has 0 amide bonds. The van der Waals surface area contributed by atoms with E-state index in [1.807, 2.05) is 0 Å². The second-order valence-corrected chi connectivity index (χ2v) is 4.93. The number of fused-ring (bicyclic) bond motifs is 1. The Labute approximate surface area is 137 Å². The van der Waals surface area contributed by atoms with Crippen molar-refractivity contribution in [2.45, 2.75) is 19.6 Å². The van der Waals surface area contributed by atoms with Crippen LogP contribution in [0.2, 0.25) is 0 Å². The summed E-state index contributed by atoms with van der Waals surface area (Å²) in [5, 5.41) is 5.06. The fraction of sp³-hybridized carbons (Fsp3) is 0.375. The van der Waals surface area contributed by atoms with E-state index in [2.05, 4.69) is 14.8 Å². The van der Waals surface area contributed by atoms with Crippen LogP contribution >= 0.6 is 0 Å². The summed E-state index contributed by atoms with van der Waals surface area (Å²) in [5.41, 5.74) is 1.60. The van der Waals surface area contributed by atoms with Crippen molar-refractivity contribution in [1.29, 1.82) is 0 Å². The number of ether oxygens (including phenoxy) is 2. The monoisotopic (exact) mass is 341 g/mol. The van der Waals surface area contributed by atoms with Crippen LogP contribution in [0.1, 0.15) is 12.5 Å². The van der Waals surface area contributed by atoms with Gasteiger partial charge in [0.25, 0.3) is 5.90 Å². The van der Waals surface area contributed by atoms with Crippen molar-refractivity contribution in [2.24, 2.45) is 4.99 Å². The van der Waals surface area contributed by atoms with Crippen LogP contribution < -0.4 is 0 Å². The minimum absolute atomic E-state index is 0.177. The molecule has 0 aliphatic rings. The van der Waals surface area contributed by atoms with E-state index < -0.39 is 12.1 Å². The minimum atomic E-state index is -4.64. The van der Waals surface area contributed by atoms with Gasteiger partial charge in [0.2, 0.25) is 0 Å². The van der Waals surface area contributed by atoms with Crippen LogP contribution in [0.3, 0.4) is 0 Å². The maximum absolute atomic E-state index is 12.8. The number of aliphatic imine (C=N–C) groups is 1. The number of nitrogens with zero attached hydrogens (tertiary/aromatic N) is 3.